The summed E-state index contributed by atoms with van der Waals surface area (Å²) >= 11 is 1.39. The summed E-state index contributed by atoms with van der Waals surface area (Å²) in [6, 6.07) is 12.0. The van der Waals surface area contributed by atoms with Gasteiger partial charge in [-0.3, -0.25) is 14.9 Å². The average Bonchev–Trinajstić information content (AvgIpc) is 3.31. The minimum atomic E-state index is -0.430. The van der Waals surface area contributed by atoms with Crippen LogP contribution in [0.15, 0.2) is 42.0 Å². The van der Waals surface area contributed by atoms with Gasteiger partial charge in [-0.05, 0) is 36.6 Å². The minimum absolute atomic E-state index is 0.0323. The summed E-state index contributed by atoms with van der Waals surface area (Å²) in [5.74, 6) is -0.231. The third-order valence-electron chi connectivity index (χ3n) is 4.00. The van der Waals surface area contributed by atoms with Crippen LogP contribution in [0.25, 0.3) is 16.5 Å². The van der Waals surface area contributed by atoms with E-state index in [4.69, 9.17) is 0 Å². The van der Waals surface area contributed by atoms with Gasteiger partial charge in [-0.15, -0.1) is 11.3 Å². The molecule has 0 radical (unpaired) electrons. The van der Waals surface area contributed by atoms with E-state index in [1.54, 1.807) is 23.1 Å². The fourth-order valence-corrected chi connectivity index (χ4v) is 3.68. The van der Waals surface area contributed by atoms with E-state index in [2.05, 4.69) is 0 Å². The van der Waals surface area contributed by atoms with Crippen molar-refractivity contribution in [2.45, 2.75) is 12.8 Å². The summed E-state index contributed by atoms with van der Waals surface area (Å²) in [6.07, 6.45) is 3.53. The quantitative estimate of drug-likeness (QED) is 0.361. The van der Waals surface area contributed by atoms with Gasteiger partial charge in [0.25, 0.3) is 11.6 Å². The lowest BCUT2D eigenvalue weighted by atomic mass is 10.1. The monoisotopic (exact) mass is 353 g/mol. The van der Waals surface area contributed by atoms with Crippen LogP contribution in [0.1, 0.15) is 17.7 Å². The van der Waals surface area contributed by atoms with Gasteiger partial charge in [0, 0.05) is 35.0 Å². The van der Waals surface area contributed by atoms with Crippen LogP contribution in [-0.2, 0) is 4.79 Å². The van der Waals surface area contributed by atoms with Gasteiger partial charge in [-0.2, -0.15) is 5.26 Å². The maximum atomic E-state index is 12.3. The van der Waals surface area contributed by atoms with Crippen molar-refractivity contribution in [3.05, 3.63) is 57.0 Å². The van der Waals surface area contributed by atoms with Crippen molar-refractivity contribution in [1.29, 1.82) is 5.26 Å². The normalized spacial score (nSPS) is 14.4. The van der Waals surface area contributed by atoms with Crippen LogP contribution in [0.5, 0.6) is 0 Å². The van der Waals surface area contributed by atoms with Crippen molar-refractivity contribution in [3.63, 3.8) is 0 Å². The summed E-state index contributed by atoms with van der Waals surface area (Å²) < 4.78 is 0. The van der Waals surface area contributed by atoms with Crippen LogP contribution in [0.2, 0.25) is 0 Å². The number of amides is 1. The van der Waals surface area contributed by atoms with Crippen LogP contribution in [-0.4, -0.2) is 28.8 Å². The lowest BCUT2D eigenvalue weighted by Crippen LogP contribution is -2.28. The Bertz CT molecular complexity index is 889. The van der Waals surface area contributed by atoms with Crippen molar-refractivity contribution in [3.8, 4) is 16.5 Å². The molecule has 126 valence electrons. The third-order valence-corrected chi connectivity index (χ3v) is 5.08. The van der Waals surface area contributed by atoms with E-state index in [0.717, 1.165) is 28.2 Å². The molecule has 1 aliphatic heterocycles. The van der Waals surface area contributed by atoms with Gasteiger partial charge >= 0.3 is 0 Å². The summed E-state index contributed by atoms with van der Waals surface area (Å²) in [5, 5.41) is 20.2. The van der Waals surface area contributed by atoms with Gasteiger partial charge < -0.3 is 4.90 Å². The highest BCUT2D eigenvalue weighted by Gasteiger charge is 2.21. The fourth-order valence-electron chi connectivity index (χ4n) is 2.73. The zero-order valence-electron chi connectivity index (χ0n) is 13.3. The number of likely N-dealkylation sites (tertiary alicyclic amines) is 1. The number of nitro benzene ring substituents is 1. The van der Waals surface area contributed by atoms with E-state index < -0.39 is 4.92 Å². The fraction of sp³-hybridized carbons (Fsp3) is 0.222. The molecule has 1 amide bonds. The van der Waals surface area contributed by atoms with Crippen molar-refractivity contribution < 1.29 is 9.72 Å². The molecule has 0 bridgehead atoms. The Kier molecular flexibility index (Phi) is 4.91. The number of rotatable bonds is 4. The Labute approximate surface area is 148 Å². The number of benzene rings is 1. The highest BCUT2D eigenvalue weighted by atomic mass is 32.1. The summed E-state index contributed by atoms with van der Waals surface area (Å²) in [4.78, 5) is 26.1. The Balaban J connectivity index is 1.85. The molecule has 1 fully saturated rings. The molecular weight excluding hydrogens is 338 g/mol. The standard InChI is InChI=1S/C18H15N3O3S/c19-12-14(18(22)20-8-1-2-9-20)11-16-6-7-17(25-16)13-4-3-5-15(10-13)21(23)24/h3-7,10-11H,1-2,8-9H2. The number of non-ortho nitro benzene ring substituents is 1. The molecule has 0 saturated carbocycles. The molecule has 0 N–H and O–H groups in total. The van der Waals surface area contributed by atoms with Crippen LogP contribution in [0.4, 0.5) is 5.69 Å². The van der Waals surface area contributed by atoms with Gasteiger partial charge in [0.15, 0.2) is 0 Å². The zero-order chi connectivity index (χ0) is 17.8. The minimum Gasteiger partial charge on any atom is -0.338 e. The first kappa shape index (κ1) is 16.9. The number of nitro groups is 1. The van der Waals surface area contributed by atoms with Crippen LogP contribution in [0, 0.1) is 21.4 Å². The molecule has 0 aliphatic carbocycles. The van der Waals surface area contributed by atoms with Gasteiger partial charge in [0.05, 0.1) is 4.92 Å². The van der Waals surface area contributed by atoms with Crippen LogP contribution >= 0.6 is 11.3 Å². The second-order valence-corrected chi connectivity index (χ2v) is 6.79. The van der Waals surface area contributed by atoms with Crippen molar-refractivity contribution in [2.24, 2.45) is 0 Å². The van der Waals surface area contributed by atoms with E-state index in [0.29, 0.717) is 13.1 Å². The van der Waals surface area contributed by atoms with Crippen LogP contribution in [0.3, 0.4) is 0 Å². The van der Waals surface area contributed by atoms with Gasteiger partial charge in [-0.1, -0.05) is 12.1 Å². The highest BCUT2D eigenvalue weighted by molar-refractivity contribution is 7.16. The van der Waals surface area contributed by atoms with E-state index in [-0.39, 0.29) is 17.2 Å². The SMILES string of the molecule is N#CC(=Cc1ccc(-c2cccc([N+](=O)[O-])c2)s1)C(=O)N1CCCC1. The van der Waals surface area contributed by atoms with Crippen LogP contribution < -0.4 is 0 Å². The van der Waals surface area contributed by atoms with E-state index in [1.807, 2.05) is 18.2 Å². The Morgan fingerprint density at radius 3 is 2.72 bits per heavy atom. The molecule has 2 heterocycles. The average molecular weight is 353 g/mol. The molecule has 6 nitrogen and oxygen atoms in total. The number of carbonyl (C=O) groups excluding carboxylic acids is 1. The number of thiophene rings is 1. The molecule has 7 heteroatoms. The first-order valence-electron chi connectivity index (χ1n) is 7.84. The van der Waals surface area contributed by atoms with Gasteiger partial charge in [-0.25, -0.2) is 0 Å². The lowest BCUT2D eigenvalue weighted by molar-refractivity contribution is -0.384. The predicted molar refractivity (Wildman–Crippen MR) is 95.8 cm³/mol. The van der Waals surface area contributed by atoms with Gasteiger partial charge in [0.2, 0.25) is 0 Å². The van der Waals surface area contributed by atoms with E-state index in [9.17, 15) is 20.2 Å². The first-order chi connectivity index (χ1) is 12.1. The summed E-state index contributed by atoms with van der Waals surface area (Å²) in [5.41, 5.74) is 0.891. The maximum Gasteiger partial charge on any atom is 0.270 e. The molecule has 25 heavy (non-hydrogen) atoms. The highest BCUT2D eigenvalue weighted by Crippen LogP contribution is 2.31. The number of hydrogen-bond donors (Lipinski definition) is 0. The van der Waals surface area contributed by atoms with E-state index >= 15 is 0 Å². The molecule has 0 atom stereocenters. The Hall–Kier alpha value is -2.98. The van der Waals surface area contributed by atoms with Crippen molar-refractivity contribution in [1.82, 2.24) is 4.90 Å². The second kappa shape index (κ2) is 7.28. The molecular formula is C18H15N3O3S. The Morgan fingerprint density at radius 1 is 1.28 bits per heavy atom. The first-order valence-corrected chi connectivity index (χ1v) is 8.66. The molecule has 1 aromatic heterocycles. The summed E-state index contributed by atoms with van der Waals surface area (Å²) in [7, 11) is 0. The largest absolute Gasteiger partial charge is 0.338 e. The molecule has 1 saturated heterocycles. The molecule has 2 aromatic rings. The zero-order valence-corrected chi connectivity index (χ0v) is 14.2. The molecule has 1 aliphatic rings. The molecule has 3 rings (SSSR count). The number of nitrogens with zero attached hydrogens (tertiary/aromatic N) is 3. The van der Waals surface area contributed by atoms with Crippen molar-refractivity contribution in [2.75, 3.05) is 13.1 Å². The smallest absolute Gasteiger partial charge is 0.270 e. The lowest BCUT2D eigenvalue weighted by Gasteiger charge is -2.13. The predicted octanol–water partition coefficient (Wildman–Crippen LogP) is 3.85. The van der Waals surface area contributed by atoms with Gasteiger partial charge in [0.1, 0.15) is 11.6 Å². The third kappa shape index (κ3) is 3.75. The number of nitriles is 1. The Morgan fingerprint density at radius 2 is 2.04 bits per heavy atom. The molecule has 0 spiro atoms. The van der Waals surface area contributed by atoms with E-state index in [1.165, 1.54) is 23.5 Å². The van der Waals surface area contributed by atoms with Crippen molar-refractivity contribution >= 4 is 29.0 Å². The maximum absolute atomic E-state index is 12.3. The topological polar surface area (TPSA) is 87.2 Å². The summed E-state index contributed by atoms with van der Waals surface area (Å²) in [6.45, 7) is 1.39. The number of hydrogen-bond acceptors (Lipinski definition) is 5. The number of carbonyl (C=O) groups is 1. The molecule has 1 aromatic carbocycles. The molecule has 0 unspecified atom stereocenters. The second-order valence-electron chi connectivity index (χ2n) is 5.68.